The van der Waals surface area contributed by atoms with E-state index in [1.807, 2.05) is 6.92 Å². The minimum Gasteiger partial charge on any atom is -0.550 e. The molecule has 0 saturated carbocycles. The topological polar surface area (TPSA) is 135 Å². The first-order chi connectivity index (χ1) is 13.1. The largest absolute Gasteiger partial charge is 2.00 e. The molecule has 166 valence electrons. The monoisotopic (exact) mass is 444 g/mol. The SMILES string of the molecule is CCCCCCCCC(C(=O)[O-])C(CCCCCCCC)(C(=O)[O-])S(=O)(=O)O.[Mg+2]. The molecule has 0 radical (unpaired) electrons. The van der Waals surface area contributed by atoms with Crippen LogP contribution in [0.4, 0.5) is 0 Å². The summed E-state index contributed by atoms with van der Waals surface area (Å²) in [6.45, 7) is 4.11. The molecule has 1 N–H and O–H groups in total. The van der Waals surface area contributed by atoms with Gasteiger partial charge in [-0.15, -0.1) is 0 Å². The standard InChI is InChI=1S/C20H38O7S.Mg/c1-3-5-7-9-11-13-15-17(18(21)22)20(19(23)24,28(25,26)27)16-14-12-10-8-6-4-2;/h17H,3-16H2,1-2H3,(H,21,22)(H,23,24)(H,25,26,27);/q;+2/p-2. The van der Waals surface area contributed by atoms with Crippen molar-refractivity contribution in [3.8, 4) is 0 Å². The van der Waals surface area contributed by atoms with Gasteiger partial charge in [0.15, 0.2) is 0 Å². The van der Waals surface area contributed by atoms with Crippen molar-refractivity contribution in [3.63, 3.8) is 0 Å². The Morgan fingerprint density at radius 3 is 1.62 bits per heavy atom. The van der Waals surface area contributed by atoms with Gasteiger partial charge in [-0.1, -0.05) is 90.9 Å². The minimum absolute atomic E-state index is 0. The van der Waals surface area contributed by atoms with Crippen LogP contribution in [0.5, 0.6) is 0 Å². The molecule has 0 aliphatic rings. The van der Waals surface area contributed by atoms with E-state index in [0.717, 1.165) is 51.4 Å². The van der Waals surface area contributed by atoms with Gasteiger partial charge < -0.3 is 19.8 Å². The summed E-state index contributed by atoms with van der Waals surface area (Å²) in [6.07, 6.45) is 8.78. The quantitative estimate of drug-likeness (QED) is 0.193. The van der Waals surface area contributed by atoms with E-state index in [4.69, 9.17) is 0 Å². The van der Waals surface area contributed by atoms with Crippen LogP contribution in [-0.4, -0.2) is 52.7 Å². The smallest absolute Gasteiger partial charge is 0.550 e. The number of rotatable bonds is 18. The van der Waals surface area contributed by atoms with Crippen molar-refractivity contribution in [2.45, 2.75) is 108 Å². The molecule has 0 fully saturated rings. The third-order valence-corrected chi connectivity index (χ3v) is 6.98. The molecule has 0 aromatic carbocycles. The molecule has 0 heterocycles. The summed E-state index contributed by atoms with van der Waals surface area (Å²) in [5.41, 5.74) is 0. The zero-order chi connectivity index (χ0) is 21.6. The summed E-state index contributed by atoms with van der Waals surface area (Å²) < 4.78 is 30.9. The van der Waals surface area contributed by atoms with E-state index in [2.05, 4.69) is 6.92 Å². The maximum atomic E-state index is 12.0. The molecule has 2 unspecified atom stereocenters. The summed E-state index contributed by atoms with van der Waals surface area (Å²) in [4.78, 5) is 23.5. The van der Waals surface area contributed by atoms with Crippen LogP contribution in [0.2, 0.25) is 0 Å². The Balaban J connectivity index is 0. The van der Waals surface area contributed by atoms with Gasteiger partial charge in [-0.2, -0.15) is 8.42 Å². The zero-order valence-electron chi connectivity index (χ0n) is 18.0. The van der Waals surface area contributed by atoms with Crippen molar-refractivity contribution in [1.82, 2.24) is 0 Å². The Hall–Kier alpha value is -0.384. The van der Waals surface area contributed by atoms with Crippen LogP contribution in [-0.2, 0) is 19.7 Å². The number of carbonyl (C=O) groups is 2. The molecule has 0 aromatic rings. The minimum atomic E-state index is -5.20. The fourth-order valence-corrected chi connectivity index (χ4v) is 4.86. The average Bonchev–Trinajstić information content (AvgIpc) is 2.60. The van der Waals surface area contributed by atoms with E-state index >= 15 is 0 Å². The molecule has 0 saturated heterocycles. The van der Waals surface area contributed by atoms with E-state index in [9.17, 15) is 32.8 Å². The van der Waals surface area contributed by atoms with E-state index < -0.39 is 39.1 Å². The normalized spacial score (nSPS) is 14.6. The summed E-state index contributed by atoms with van der Waals surface area (Å²) in [6, 6.07) is 0. The molecule has 2 atom stereocenters. The van der Waals surface area contributed by atoms with Gasteiger partial charge in [0.05, 0.1) is 5.97 Å². The number of hydrogen-bond acceptors (Lipinski definition) is 6. The molecule has 7 nitrogen and oxygen atoms in total. The fraction of sp³-hybridized carbons (Fsp3) is 0.900. The van der Waals surface area contributed by atoms with Crippen molar-refractivity contribution in [1.29, 1.82) is 0 Å². The molecule has 29 heavy (non-hydrogen) atoms. The summed E-state index contributed by atoms with van der Waals surface area (Å²) >= 11 is 0. The van der Waals surface area contributed by atoms with Gasteiger partial charge >= 0.3 is 23.1 Å². The third kappa shape index (κ3) is 10.5. The maximum absolute atomic E-state index is 12.0. The molecule has 0 rings (SSSR count). The van der Waals surface area contributed by atoms with Crippen molar-refractivity contribution in [2.75, 3.05) is 0 Å². The second kappa shape index (κ2) is 16.3. The van der Waals surface area contributed by atoms with E-state index in [1.54, 1.807) is 0 Å². The van der Waals surface area contributed by atoms with Gasteiger partial charge in [0.2, 0.25) is 0 Å². The third-order valence-electron chi connectivity index (χ3n) is 5.40. The molecule has 0 aromatic heterocycles. The average molecular weight is 445 g/mol. The van der Waals surface area contributed by atoms with Crippen LogP contribution in [0.1, 0.15) is 104 Å². The molecule has 9 heteroatoms. The summed E-state index contributed by atoms with van der Waals surface area (Å²) in [5.74, 6) is -5.68. The van der Waals surface area contributed by atoms with Crippen molar-refractivity contribution in [3.05, 3.63) is 0 Å². The number of aliphatic carboxylic acids is 2. The van der Waals surface area contributed by atoms with Crippen LogP contribution in [0.15, 0.2) is 0 Å². The van der Waals surface area contributed by atoms with Gasteiger partial charge in [-0.05, 0) is 12.8 Å². The zero-order valence-corrected chi connectivity index (χ0v) is 20.2. The molecular formula is C20H36MgO7S. The first-order valence-corrected chi connectivity index (χ1v) is 12.0. The molecule has 0 bridgehead atoms. The van der Waals surface area contributed by atoms with Crippen molar-refractivity contribution in [2.24, 2.45) is 5.92 Å². The molecule has 0 aliphatic heterocycles. The van der Waals surface area contributed by atoms with Gasteiger partial charge in [0.25, 0.3) is 10.1 Å². The van der Waals surface area contributed by atoms with E-state index in [0.29, 0.717) is 19.3 Å². The summed E-state index contributed by atoms with van der Waals surface area (Å²) in [5, 5.41) is 23.5. The van der Waals surface area contributed by atoms with E-state index in [1.165, 1.54) is 0 Å². The van der Waals surface area contributed by atoms with Gasteiger partial charge in [0.1, 0.15) is 4.75 Å². The Morgan fingerprint density at radius 2 is 1.24 bits per heavy atom. The van der Waals surface area contributed by atoms with Crippen LogP contribution in [0, 0.1) is 5.92 Å². The van der Waals surface area contributed by atoms with Crippen LogP contribution in [0.3, 0.4) is 0 Å². The first kappa shape index (κ1) is 30.8. The predicted molar refractivity (Wildman–Crippen MR) is 110 cm³/mol. The van der Waals surface area contributed by atoms with Gasteiger partial charge in [0, 0.05) is 11.9 Å². The van der Waals surface area contributed by atoms with Crippen molar-refractivity contribution < 1.29 is 32.8 Å². The first-order valence-electron chi connectivity index (χ1n) is 10.5. The molecular weight excluding hydrogens is 409 g/mol. The second-order valence-corrected chi connectivity index (χ2v) is 9.28. The van der Waals surface area contributed by atoms with Crippen LogP contribution < -0.4 is 10.2 Å². The van der Waals surface area contributed by atoms with Crippen LogP contribution in [0.25, 0.3) is 0 Å². The Labute approximate surface area is 191 Å². The number of carboxylic acid groups (broad SMARTS) is 2. The van der Waals surface area contributed by atoms with Crippen LogP contribution >= 0.6 is 0 Å². The number of unbranched alkanes of at least 4 members (excludes halogenated alkanes) is 10. The number of carbonyl (C=O) groups excluding carboxylic acids is 2. The van der Waals surface area contributed by atoms with E-state index in [-0.39, 0.29) is 35.9 Å². The number of carboxylic acids is 2. The Bertz CT molecular complexity index is 565. The van der Waals surface area contributed by atoms with Gasteiger partial charge in [-0.3, -0.25) is 4.55 Å². The number of hydrogen-bond donors (Lipinski definition) is 1. The molecule has 0 aliphatic carbocycles. The molecule has 0 spiro atoms. The van der Waals surface area contributed by atoms with Gasteiger partial charge in [-0.25, -0.2) is 0 Å². The summed E-state index contributed by atoms with van der Waals surface area (Å²) in [7, 11) is -5.20. The molecule has 0 amide bonds. The van der Waals surface area contributed by atoms with Crippen molar-refractivity contribution >= 4 is 45.1 Å². The Morgan fingerprint density at radius 1 is 0.828 bits per heavy atom. The predicted octanol–water partition coefficient (Wildman–Crippen LogP) is 1.85. The Kier molecular flexibility index (Phi) is 17.3. The fourth-order valence-electron chi connectivity index (χ4n) is 3.67. The second-order valence-electron chi connectivity index (χ2n) is 7.60. The maximum Gasteiger partial charge on any atom is 2.00 e.